The van der Waals surface area contributed by atoms with Crippen molar-refractivity contribution in [1.82, 2.24) is 24.2 Å². The van der Waals surface area contributed by atoms with E-state index < -0.39 is 23.3 Å². The van der Waals surface area contributed by atoms with Crippen molar-refractivity contribution in [2.75, 3.05) is 55.8 Å². The first-order valence-electron chi connectivity index (χ1n) is 14.5. The van der Waals surface area contributed by atoms with Crippen LogP contribution in [0.4, 0.5) is 29.7 Å². The van der Waals surface area contributed by atoms with Crippen LogP contribution in [-0.2, 0) is 12.6 Å². The van der Waals surface area contributed by atoms with E-state index in [1.807, 2.05) is 43.3 Å². The summed E-state index contributed by atoms with van der Waals surface area (Å²) in [6, 6.07) is 16.1. The Kier molecular flexibility index (Phi) is 8.14. The molecule has 0 radical (unpaired) electrons. The lowest BCUT2D eigenvalue weighted by Crippen LogP contribution is -2.49. The highest BCUT2D eigenvalue weighted by Crippen LogP contribution is 2.40. The molecule has 1 aliphatic heterocycles. The van der Waals surface area contributed by atoms with Crippen LogP contribution in [0.15, 0.2) is 54.7 Å². The van der Waals surface area contributed by atoms with E-state index in [2.05, 4.69) is 39.1 Å². The highest BCUT2D eigenvalue weighted by Gasteiger charge is 2.41. The van der Waals surface area contributed by atoms with E-state index in [4.69, 9.17) is 15.1 Å². The molecule has 2 aliphatic rings. The van der Waals surface area contributed by atoms with Crippen molar-refractivity contribution in [1.29, 1.82) is 0 Å². The third-order valence-electron chi connectivity index (χ3n) is 8.06. The number of rotatable bonds is 8. The predicted octanol–water partition coefficient (Wildman–Crippen LogP) is 5.21. The van der Waals surface area contributed by atoms with Gasteiger partial charge < -0.3 is 20.4 Å². The number of hydrogen-bond acceptors (Lipinski definition) is 9. The third kappa shape index (κ3) is 6.47. The number of alkyl halides is 3. The first kappa shape index (κ1) is 29.8. The molecule has 2 aromatic heterocycles. The third-order valence-corrected chi connectivity index (χ3v) is 8.85. The molecular weight excluding hydrogens is 589 g/mol. The van der Waals surface area contributed by atoms with E-state index in [1.165, 1.54) is 16.4 Å². The van der Waals surface area contributed by atoms with Gasteiger partial charge in [0.2, 0.25) is 5.13 Å². The van der Waals surface area contributed by atoms with Crippen molar-refractivity contribution in [2.24, 2.45) is 0 Å². The molecular formula is C31H33F3N8OS. The summed E-state index contributed by atoms with van der Waals surface area (Å²) in [5, 5.41) is 0.712. The van der Waals surface area contributed by atoms with Crippen LogP contribution in [0.3, 0.4) is 0 Å². The second kappa shape index (κ2) is 12.0. The fourth-order valence-electron chi connectivity index (χ4n) is 5.33. The Hall–Kier alpha value is -4.26. The summed E-state index contributed by atoms with van der Waals surface area (Å²) in [6.07, 6.45) is -1.47. The van der Waals surface area contributed by atoms with Crippen molar-refractivity contribution in [3.63, 3.8) is 0 Å². The average Bonchev–Trinajstić information content (AvgIpc) is 3.76. The minimum absolute atomic E-state index is 0.0520. The van der Waals surface area contributed by atoms with Crippen LogP contribution in [0.1, 0.15) is 63.5 Å². The van der Waals surface area contributed by atoms with Crippen LogP contribution >= 0.6 is 11.5 Å². The Morgan fingerprint density at radius 1 is 1.02 bits per heavy atom. The standard InChI is InChI=1S/C31H33F3N8OS/c1-40(2)23-11-3-19(4-12-23)17-24(20-7-9-22(35)10-8-20)28-38-30(44-39-28)42-15-13-41(14-16-42)29(43)25-18-36-27(21-5-6-21)37-26(25)31(32,33)34/h3-4,7-12,18,21,24H,5-6,13-17,35H2,1-2H3. The van der Waals surface area contributed by atoms with Crippen LogP contribution in [0.2, 0.25) is 0 Å². The number of nitrogen functional groups attached to an aromatic ring is 1. The molecule has 2 fully saturated rings. The molecule has 6 rings (SSSR count). The fourth-order valence-corrected chi connectivity index (χ4v) is 6.10. The summed E-state index contributed by atoms with van der Waals surface area (Å²) < 4.78 is 46.2. The summed E-state index contributed by atoms with van der Waals surface area (Å²) in [4.78, 5) is 31.5. The topological polar surface area (TPSA) is 104 Å². The van der Waals surface area contributed by atoms with E-state index in [1.54, 1.807) is 0 Å². The number of amides is 1. The monoisotopic (exact) mass is 622 g/mol. The molecule has 1 aliphatic carbocycles. The zero-order valence-corrected chi connectivity index (χ0v) is 25.3. The summed E-state index contributed by atoms with van der Waals surface area (Å²) in [5.41, 5.74) is 8.28. The molecule has 3 heterocycles. The van der Waals surface area contributed by atoms with Gasteiger partial charge in [0.25, 0.3) is 5.91 Å². The maximum atomic E-state index is 13.8. The molecule has 230 valence electrons. The number of carbonyl (C=O) groups is 1. The lowest BCUT2D eigenvalue weighted by Gasteiger charge is -2.34. The fraction of sp³-hybridized carbons (Fsp3) is 0.387. The van der Waals surface area contributed by atoms with Gasteiger partial charge in [-0.3, -0.25) is 4.79 Å². The maximum absolute atomic E-state index is 13.8. The zero-order chi connectivity index (χ0) is 31.0. The first-order chi connectivity index (χ1) is 21.1. The second-order valence-electron chi connectivity index (χ2n) is 11.5. The predicted molar refractivity (Wildman–Crippen MR) is 164 cm³/mol. The molecule has 1 saturated heterocycles. The smallest absolute Gasteiger partial charge is 0.399 e. The van der Waals surface area contributed by atoms with Crippen LogP contribution in [0, 0.1) is 0 Å². The highest BCUT2D eigenvalue weighted by molar-refractivity contribution is 7.09. The molecule has 2 N–H and O–H groups in total. The van der Waals surface area contributed by atoms with Gasteiger partial charge in [-0.1, -0.05) is 24.3 Å². The number of halogens is 3. The van der Waals surface area contributed by atoms with Crippen molar-refractivity contribution in [3.05, 3.63) is 88.8 Å². The van der Waals surface area contributed by atoms with Gasteiger partial charge in [-0.25, -0.2) is 15.0 Å². The molecule has 0 bridgehead atoms. The van der Waals surface area contributed by atoms with E-state index in [0.717, 1.165) is 35.9 Å². The van der Waals surface area contributed by atoms with Gasteiger partial charge in [-0.05, 0) is 54.7 Å². The second-order valence-corrected chi connectivity index (χ2v) is 12.2. The van der Waals surface area contributed by atoms with E-state index in [0.29, 0.717) is 36.2 Å². The highest BCUT2D eigenvalue weighted by atomic mass is 32.1. The molecule has 2 aromatic carbocycles. The number of aromatic nitrogens is 4. The molecule has 0 spiro atoms. The number of nitrogens with zero attached hydrogens (tertiary/aromatic N) is 7. The van der Waals surface area contributed by atoms with E-state index in [-0.39, 0.29) is 30.7 Å². The number of anilines is 3. The van der Waals surface area contributed by atoms with Gasteiger partial charge in [0.15, 0.2) is 11.5 Å². The first-order valence-corrected chi connectivity index (χ1v) is 15.3. The van der Waals surface area contributed by atoms with Gasteiger partial charge >= 0.3 is 6.18 Å². The van der Waals surface area contributed by atoms with Gasteiger partial charge in [0.05, 0.1) is 5.56 Å². The summed E-state index contributed by atoms with van der Waals surface area (Å²) in [5.74, 6) is -0.0146. The molecule has 1 unspecified atom stereocenters. The minimum atomic E-state index is -4.74. The van der Waals surface area contributed by atoms with Crippen molar-refractivity contribution in [3.8, 4) is 0 Å². The van der Waals surface area contributed by atoms with Crippen LogP contribution < -0.4 is 15.5 Å². The molecule has 13 heteroatoms. The van der Waals surface area contributed by atoms with Gasteiger partial charge in [-0.15, -0.1) is 0 Å². The number of hydrogen-bond donors (Lipinski definition) is 1. The maximum Gasteiger partial charge on any atom is 0.434 e. The van der Waals surface area contributed by atoms with Crippen LogP contribution in [-0.4, -0.2) is 70.4 Å². The largest absolute Gasteiger partial charge is 0.434 e. The summed E-state index contributed by atoms with van der Waals surface area (Å²) in [6.45, 7) is 1.33. The molecule has 9 nitrogen and oxygen atoms in total. The quantitative estimate of drug-likeness (QED) is 0.267. The van der Waals surface area contributed by atoms with E-state index in [9.17, 15) is 18.0 Å². The Labute approximate surface area is 257 Å². The minimum Gasteiger partial charge on any atom is -0.399 e. The van der Waals surface area contributed by atoms with Crippen molar-refractivity contribution >= 4 is 33.9 Å². The molecule has 44 heavy (non-hydrogen) atoms. The van der Waals surface area contributed by atoms with Crippen molar-refractivity contribution < 1.29 is 18.0 Å². The molecule has 1 amide bonds. The van der Waals surface area contributed by atoms with Crippen molar-refractivity contribution in [2.45, 2.75) is 37.3 Å². The number of benzene rings is 2. The SMILES string of the molecule is CN(C)c1ccc(CC(c2ccc(N)cc2)c2nsc(N3CCN(C(=O)c4cnc(C5CC5)nc4C(F)(F)F)CC3)n2)cc1. The normalized spacial score (nSPS) is 16.2. The Bertz CT molecular complexity index is 1610. The average molecular weight is 623 g/mol. The van der Waals surface area contributed by atoms with E-state index >= 15 is 0 Å². The number of piperazine rings is 1. The van der Waals surface area contributed by atoms with Gasteiger partial charge in [0.1, 0.15) is 5.82 Å². The van der Waals surface area contributed by atoms with Gasteiger partial charge in [-0.2, -0.15) is 17.5 Å². The Morgan fingerprint density at radius 2 is 1.70 bits per heavy atom. The van der Waals surface area contributed by atoms with Crippen LogP contribution in [0.25, 0.3) is 0 Å². The lowest BCUT2D eigenvalue weighted by molar-refractivity contribution is -0.141. The summed E-state index contributed by atoms with van der Waals surface area (Å²) in [7, 11) is 4.01. The summed E-state index contributed by atoms with van der Waals surface area (Å²) >= 11 is 1.28. The number of nitrogens with two attached hydrogens (primary N) is 1. The molecule has 1 saturated carbocycles. The van der Waals surface area contributed by atoms with Gasteiger partial charge in [0, 0.05) is 81.2 Å². The Balaban J connectivity index is 1.17. The Morgan fingerprint density at radius 3 is 2.32 bits per heavy atom. The molecule has 4 aromatic rings. The zero-order valence-electron chi connectivity index (χ0n) is 24.5. The lowest BCUT2D eigenvalue weighted by atomic mass is 9.91. The van der Waals surface area contributed by atoms with Crippen LogP contribution in [0.5, 0.6) is 0 Å². The molecule has 1 atom stereocenters. The number of carbonyl (C=O) groups excluding carboxylic acids is 1.